The standard InChI is InChI=1S/C8H10N2O/c1-2-3-6-11-8-4-5-9-7-10-8/h2-5,7H,6H2,1H3. The summed E-state index contributed by atoms with van der Waals surface area (Å²) >= 11 is 0. The molecule has 1 heterocycles. The Bertz CT molecular complexity index is 221. The van der Waals surface area contributed by atoms with Crippen LogP contribution in [0.15, 0.2) is 30.7 Å². The summed E-state index contributed by atoms with van der Waals surface area (Å²) in [5.41, 5.74) is 0. The van der Waals surface area contributed by atoms with Crippen molar-refractivity contribution in [1.82, 2.24) is 9.97 Å². The van der Waals surface area contributed by atoms with E-state index >= 15 is 0 Å². The number of aromatic nitrogens is 2. The van der Waals surface area contributed by atoms with Crippen LogP contribution in [0.5, 0.6) is 5.88 Å². The molecule has 0 spiro atoms. The van der Waals surface area contributed by atoms with Crippen LogP contribution in [0.25, 0.3) is 0 Å². The number of nitrogens with zero attached hydrogens (tertiary/aromatic N) is 2. The molecule has 1 aromatic heterocycles. The van der Waals surface area contributed by atoms with E-state index < -0.39 is 0 Å². The Balaban J connectivity index is 2.39. The average Bonchev–Trinajstić information content (AvgIpc) is 2.07. The number of rotatable bonds is 3. The topological polar surface area (TPSA) is 35.0 Å². The number of allylic oxidation sites excluding steroid dienone is 1. The zero-order chi connectivity index (χ0) is 7.94. The minimum Gasteiger partial charge on any atom is -0.473 e. The second kappa shape index (κ2) is 4.44. The molecule has 0 saturated heterocycles. The molecule has 0 unspecified atom stereocenters. The molecule has 3 heteroatoms. The van der Waals surface area contributed by atoms with Crippen molar-refractivity contribution in [3.05, 3.63) is 30.7 Å². The van der Waals surface area contributed by atoms with Crippen LogP contribution in [0.3, 0.4) is 0 Å². The molecule has 0 fully saturated rings. The fourth-order valence-electron chi connectivity index (χ4n) is 0.594. The molecule has 1 rings (SSSR count). The predicted molar refractivity (Wildman–Crippen MR) is 42.3 cm³/mol. The van der Waals surface area contributed by atoms with Gasteiger partial charge in [-0.1, -0.05) is 12.2 Å². The molecule has 0 saturated carbocycles. The van der Waals surface area contributed by atoms with Crippen molar-refractivity contribution in [2.45, 2.75) is 6.92 Å². The first-order valence-electron chi connectivity index (χ1n) is 3.43. The summed E-state index contributed by atoms with van der Waals surface area (Å²) in [6, 6.07) is 1.73. The minimum absolute atomic E-state index is 0.563. The van der Waals surface area contributed by atoms with Gasteiger partial charge in [-0.05, 0) is 6.92 Å². The van der Waals surface area contributed by atoms with Gasteiger partial charge in [0.25, 0.3) is 0 Å². The van der Waals surface area contributed by atoms with Gasteiger partial charge in [-0.2, -0.15) is 0 Å². The summed E-state index contributed by atoms with van der Waals surface area (Å²) in [5, 5.41) is 0. The van der Waals surface area contributed by atoms with Crippen molar-refractivity contribution in [3.63, 3.8) is 0 Å². The van der Waals surface area contributed by atoms with Crippen LogP contribution >= 0.6 is 0 Å². The second-order valence-electron chi connectivity index (χ2n) is 1.93. The first-order chi connectivity index (χ1) is 5.43. The molecule has 58 valence electrons. The maximum absolute atomic E-state index is 5.21. The molecule has 0 radical (unpaired) electrons. The van der Waals surface area contributed by atoms with E-state index in [1.807, 2.05) is 19.1 Å². The Morgan fingerprint density at radius 1 is 1.64 bits per heavy atom. The predicted octanol–water partition coefficient (Wildman–Crippen LogP) is 1.43. The van der Waals surface area contributed by atoms with Gasteiger partial charge in [0.2, 0.25) is 5.88 Å². The van der Waals surface area contributed by atoms with Gasteiger partial charge >= 0.3 is 0 Å². The van der Waals surface area contributed by atoms with E-state index in [9.17, 15) is 0 Å². The maximum atomic E-state index is 5.21. The second-order valence-corrected chi connectivity index (χ2v) is 1.93. The summed E-state index contributed by atoms with van der Waals surface area (Å²) in [7, 11) is 0. The Hall–Kier alpha value is -1.38. The lowest BCUT2D eigenvalue weighted by molar-refractivity contribution is 0.347. The van der Waals surface area contributed by atoms with Gasteiger partial charge in [0.15, 0.2) is 0 Å². The highest BCUT2D eigenvalue weighted by atomic mass is 16.5. The average molecular weight is 150 g/mol. The first-order valence-corrected chi connectivity index (χ1v) is 3.43. The molecule has 0 aliphatic heterocycles. The van der Waals surface area contributed by atoms with Crippen LogP contribution in [-0.4, -0.2) is 16.6 Å². The van der Waals surface area contributed by atoms with Crippen molar-refractivity contribution in [2.24, 2.45) is 0 Å². The lowest BCUT2D eigenvalue weighted by Gasteiger charge is -1.98. The third-order valence-electron chi connectivity index (χ3n) is 1.12. The highest BCUT2D eigenvalue weighted by Gasteiger charge is 1.88. The molecule has 11 heavy (non-hydrogen) atoms. The van der Waals surface area contributed by atoms with E-state index in [1.54, 1.807) is 12.3 Å². The normalized spacial score (nSPS) is 10.3. The molecule has 0 aliphatic carbocycles. The summed E-state index contributed by atoms with van der Waals surface area (Å²) in [4.78, 5) is 7.65. The van der Waals surface area contributed by atoms with E-state index in [1.165, 1.54) is 6.33 Å². The molecular weight excluding hydrogens is 140 g/mol. The lowest BCUT2D eigenvalue weighted by Crippen LogP contribution is -1.94. The SMILES string of the molecule is CC=CCOc1ccncn1. The highest BCUT2D eigenvalue weighted by Crippen LogP contribution is 2.00. The van der Waals surface area contributed by atoms with Gasteiger partial charge in [-0.15, -0.1) is 0 Å². The fourth-order valence-corrected chi connectivity index (χ4v) is 0.594. The molecule has 3 nitrogen and oxygen atoms in total. The van der Waals surface area contributed by atoms with Crippen LogP contribution < -0.4 is 4.74 Å². The Labute approximate surface area is 65.8 Å². The van der Waals surface area contributed by atoms with Crippen LogP contribution in [-0.2, 0) is 0 Å². The van der Waals surface area contributed by atoms with Gasteiger partial charge in [0, 0.05) is 12.3 Å². The quantitative estimate of drug-likeness (QED) is 0.611. The summed E-state index contributed by atoms with van der Waals surface area (Å²) in [6.07, 6.45) is 6.96. The summed E-state index contributed by atoms with van der Waals surface area (Å²) in [5.74, 6) is 0.609. The zero-order valence-electron chi connectivity index (χ0n) is 6.40. The number of ether oxygens (including phenoxy) is 1. The van der Waals surface area contributed by atoms with Crippen LogP contribution in [0, 0.1) is 0 Å². The van der Waals surface area contributed by atoms with E-state index in [2.05, 4.69) is 9.97 Å². The van der Waals surface area contributed by atoms with E-state index in [0.29, 0.717) is 12.5 Å². The molecule has 0 bridgehead atoms. The molecule has 0 aliphatic rings. The third kappa shape index (κ3) is 2.80. The van der Waals surface area contributed by atoms with E-state index in [-0.39, 0.29) is 0 Å². The highest BCUT2D eigenvalue weighted by molar-refractivity contribution is 5.04. The van der Waals surface area contributed by atoms with Crippen molar-refractivity contribution in [3.8, 4) is 5.88 Å². The Morgan fingerprint density at radius 3 is 3.18 bits per heavy atom. The van der Waals surface area contributed by atoms with Gasteiger partial charge < -0.3 is 4.74 Å². The Morgan fingerprint density at radius 2 is 2.55 bits per heavy atom. The fraction of sp³-hybridized carbons (Fsp3) is 0.250. The molecule has 0 aromatic carbocycles. The maximum Gasteiger partial charge on any atom is 0.216 e. The van der Waals surface area contributed by atoms with E-state index in [0.717, 1.165) is 0 Å². The molecule has 0 atom stereocenters. The molecule has 1 aromatic rings. The summed E-state index contributed by atoms with van der Waals surface area (Å²) in [6.45, 7) is 2.51. The van der Waals surface area contributed by atoms with Gasteiger partial charge in [0.05, 0.1) is 0 Å². The Kier molecular flexibility index (Phi) is 3.12. The van der Waals surface area contributed by atoms with Crippen molar-refractivity contribution in [2.75, 3.05) is 6.61 Å². The minimum atomic E-state index is 0.563. The number of hydrogen-bond acceptors (Lipinski definition) is 3. The first kappa shape index (κ1) is 7.72. The van der Waals surface area contributed by atoms with Crippen molar-refractivity contribution in [1.29, 1.82) is 0 Å². The smallest absolute Gasteiger partial charge is 0.216 e. The van der Waals surface area contributed by atoms with Gasteiger partial charge in [-0.25, -0.2) is 9.97 Å². The lowest BCUT2D eigenvalue weighted by atomic mass is 10.5. The van der Waals surface area contributed by atoms with Crippen LogP contribution in [0.2, 0.25) is 0 Å². The van der Waals surface area contributed by atoms with Gasteiger partial charge in [0.1, 0.15) is 12.9 Å². The summed E-state index contributed by atoms with van der Waals surface area (Å²) < 4.78 is 5.21. The number of hydrogen-bond donors (Lipinski definition) is 0. The van der Waals surface area contributed by atoms with Gasteiger partial charge in [-0.3, -0.25) is 0 Å². The molecular formula is C8H10N2O. The van der Waals surface area contributed by atoms with E-state index in [4.69, 9.17) is 4.74 Å². The van der Waals surface area contributed by atoms with Crippen molar-refractivity contribution >= 4 is 0 Å². The monoisotopic (exact) mass is 150 g/mol. The molecule has 0 N–H and O–H groups in total. The zero-order valence-corrected chi connectivity index (χ0v) is 6.40. The molecule has 0 amide bonds. The largest absolute Gasteiger partial charge is 0.473 e. The van der Waals surface area contributed by atoms with Crippen molar-refractivity contribution < 1.29 is 4.74 Å². The van der Waals surface area contributed by atoms with Crippen LogP contribution in [0.1, 0.15) is 6.92 Å². The van der Waals surface area contributed by atoms with Crippen LogP contribution in [0.4, 0.5) is 0 Å². The third-order valence-corrected chi connectivity index (χ3v) is 1.12.